The number of halogens is 2. The Morgan fingerprint density at radius 2 is 1.89 bits per heavy atom. The second kappa shape index (κ2) is 5.95. The summed E-state index contributed by atoms with van der Waals surface area (Å²) in [5, 5.41) is 4.39. The maximum absolute atomic E-state index is 6.08. The van der Waals surface area contributed by atoms with Crippen LogP contribution in [0.25, 0.3) is 0 Å². The van der Waals surface area contributed by atoms with Crippen LogP contribution in [0.4, 0.5) is 17.6 Å². The minimum absolute atomic E-state index is 0.145. The molecule has 0 amide bonds. The average Bonchev–Trinajstić information content (AvgIpc) is 2.30. The molecule has 1 heterocycles. The third-order valence-electron chi connectivity index (χ3n) is 2.48. The van der Waals surface area contributed by atoms with Gasteiger partial charge in [0.05, 0.1) is 0 Å². The van der Waals surface area contributed by atoms with Crippen molar-refractivity contribution < 1.29 is 0 Å². The molecule has 0 unspecified atom stereocenters. The highest BCUT2D eigenvalue weighted by molar-refractivity contribution is 6.35. The van der Waals surface area contributed by atoms with Crippen LogP contribution in [0.5, 0.6) is 0 Å². The molecule has 2 rings (SSSR count). The number of nitrogens with two attached hydrogens (primary N) is 2. The number of nitrogens with one attached hydrogen (secondary N) is 1. The molecule has 7 heteroatoms. The molecule has 0 aliphatic carbocycles. The van der Waals surface area contributed by atoms with Crippen molar-refractivity contribution in [2.24, 2.45) is 0 Å². The summed E-state index contributed by atoms with van der Waals surface area (Å²) in [6.45, 7) is 0.650. The molecule has 0 fully saturated rings. The van der Waals surface area contributed by atoms with E-state index >= 15 is 0 Å². The van der Waals surface area contributed by atoms with Crippen LogP contribution in [-0.4, -0.2) is 16.5 Å². The summed E-state index contributed by atoms with van der Waals surface area (Å²) < 4.78 is 0. The first-order valence-corrected chi connectivity index (χ1v) is 6.38. The van der Waals surface area contributed by atoms with Gasteiger partial charge in [0.25, 0.3) is 0 Å². The van der Waals surface area contributed by atoms with Gasteiger partial charge in [0, 0.05) is 22.7 Å². The first kappa shape index (κ1) is 13.7. The lowest BCUT2D eigenvalue weighted by Gasteiger charge is -2.08. The summed E-state index contributed by atoms with van der Waals surface area (Å²) >= 11 is 11.9. The number of benzene rings is 1. The van der Waals surface area contributed by atoms with Crippen LogP contribution in [0.15, 0.2) is 24.3 Å². The van der Waals surface area contributed by atoms with Crippen LogP contribution >= 0.6 is 23.2 Å². The van der Waals surface area contributed by atoms with Crippen LogP contribution in [0.2, 0.25) is 10.0 Å². The fourth-order valence-electron chi connectivity index (χ4n) is 1.63. The summed E-state index contributed by atoms with van der Waals surface area (Å²) in [7, 11) is 0. The van der Waals surface area contributed by atoms with Gasteiger partial charge in [-0.3, -0.25) is 0 Å². The van der Waals surface area contributed by atoms with Gasteiger partial charge in [0.1, 0.15) is 11.6 Å². The van der Waals surface area contributed by atoms with Crippen molar-refractivity contribution in [3.63, 3.8) is 0 Å². The first-order chi connectivity index (χ1) is 9.04. The van der Waals surface area contributed by atoms with Gasteiger partial charge >= 0.3 is 0 Å². The van der Waals surface area contributed by atoms with E-state index in [1.54, 1.807) is 12.1 Å². The Balaban J connectivity index is 1.96. The Morgan fingerprint density at radius 1 is 1.11 bits per heavy atom. The third kappa shape index (κ3) is 3.87. The minimum Gasteiger partial charge on any atom is -0.383 e. The summed E-state index contributed by atoms with van der Waals surface area (Å²) in [6, 6.07) is 7.05. The molecule has 0 saturated heterocycles. The molecule has 0 spiro atoms. The predicted molar refractivity (Wildman–Crippen MR) is 79.5 cm³/mol. The molecule has 0 bridgehead atoms. The first-order valence-electron chi connectivity index (χ1n) is 5.62. The number of rotatable bonds is 4. The van der Waals surface area contributed by atoms with Crippen molar-refractivity contribution in [2.45, 2.75) is 6.42 Å². The minimum atomic E-state index is 0.145. The van der Waals surface area contributed by atoms with E-state index in [1.165, 1.54) is 0 Å². The van der Waals surface area contributed by atoms with Crippen molar-refractivity contribution in [3.05, 3.63) is 39.9 Å². The van der Waals surface area contributed by atoms with E-state index in [9.17, 15) is 0 Å². The van der Waals surface area contributed by atoms with Crippen molar-refractivity contribution >= 4 is 40.8 Å². The molecule has 0 aliphatic heterocycles. The molecular weight excluding hydrogens is 285 g/mol. The zero-order valence-electron chi connectivity index (χ0n) is 10.0. The Bertz CT molecular complexity index is 568. The SMILES string of the molecule is Nc1cc(NCCc2ccc(Cl)cc2Cl)nc(N)n1. The van der Waals surface area contributed by atoms with E-state index in [0.29, 0.717) is 28.2 Å². The molecule has 19 heavy (non-hydrogen) atoms. The van der Waals surface area contributed by atoms with E-state index in [-0.39, 0.29) is 5.95 Å². The van der Waals surface area contributed by atoms with Crippen LogP contribution in [0, 0.1) is 0 Å². The molecule has 2 aromatic rings. The monoisotopic (exact) mass is 297 g/mol. The normalized spacial score (nSPS) is 10.4. The molecule has 0 aliphatic rings. The largest absolute Gasteiger partial charge is 0.383 e. The van der Waals surface area contributed by atoms with E-state index in [0.717, 1.165) is 12.0 Å². The second-order valence-electron chi connectivity index (χ2n) is 3.95. The number of anilines is 3. The summed E-state index contributed by atoms with van der Waals surface area (Å²) in [5.74, 6) is 1.07. The van der Waals surface area contributed by atoms with E-state index in [4.69, 9.17) is 34.7 Å². The van der Waals surface area contributed by atoms with E-state index < -0.39 is 0 Å². The average molecular weight is 298 g/mol. The van der Waals surface area contributed by atoms with Crippen molar-refractivity contribution in [3.8, 4) is 0 Å². The van der Waals surface area contributed by atoms with E-state index in [2.05, 4.69) is 15.3 Å². The Kier molecular flexibility index (Phi) is 4.29. The van der Waals surface area contributed by atoms with Crippen LogP contribution in [0.3, 0.4) is 0 Å². The molecule has 0 saturated carbocycles. The maximum Gasteiger partial charge on any atom is 0.223 e. The van der Waals surface area contributed by atoms with Gasteiger partial charge in [0.2, 0.25) is 5.95 Å². The van der Waals surface area contributed by atoms with Gasteiger partial charge in [-0.1, -0.05) is 29.3 Å². The highest BCUT2D eigenvalue weighted by atomic mass is 35.5. The number of nitrogen functional groups attached to an aromatic ring is 2. The summed E-state index contributed by atoms with van der Waals surface area (Å²) in [6.07, 6.45) is 0.736. The zero-order valence-corrected chi connectivity index (χ0v) is 11.5. The zero-order chi connectivity index (χ0) is 13.8. The number of hydrogen-bond donors (Lipinski definition) is 3. The fourth-order valence-corrected chi connectivity index (χ4v) is 2.13. The van der Waals surface area contributed by atoms with Crippen molar-refractivity contribution in [1.29, 1.82) is 0 Å². The topological polar surface area (TPSA) is 89.8 Å². The van der Waals surface area contributed by atoms with Crippen molar-refractivity contribution in [1.82, 2.24) is 9.97 Å². The van der Waals surface area contributed by atoms with Gasteiger partial charge in [-0.2, -0.15) is 9.97 Å². The van der Waals surface area contributed by atoms with Crippen molar-refractivity contribution in [2.75, 3.05) is 23.3 Å². The van der Waals surface area contributed by atoms with Crippen LogP contribution in [-0.2, 0) is 6.42 Å². The van der Waals surface area contributed by atoms with E-state index in [1.807, 2.05) is 12.1 Å². The predicted octanol–water partition coefficient (Wildman–Crippen LogP) is 2.60. The Morgan fingerprint density at radius 3 is 2.58 bits per heavy atom. The van der Waals surface area contributed by atoms with Crippen LogP contribution in [0.1, 0.15) is 5.56 Å². The maximum atomic E-state index is 6.08. The standard InChI is InChI=1S/C12H13Cl2N5/c13-8-2-1-7(9(14)5-8)3-4-17-11-6-10(15)18-12(16)19-11/h1-2,5-6H,3-4H2,(H5,15,16,17,18,19). The smallest absolute Gasteiger partial charge is 0.223 e. The molecule has 100 valence electrons. The Labute approximate surface area is 120 Å². The molecule has 5 N–H and O–H groups in total. The molecule has 0 radical (unpaired) electrons. The van der Waals surface area contributed by atoms with Gasteiger partial charge in [-0.05, 0) is 24.1 Å². The summed E-state index contributed by atoms with van der Waals surface area (Å²) in [4.78, 5) is 7.82. The fraction of sp³-hybridized carbons (Fsp3) is 0.167. The van der Waals surface area contributed by atoms with Gasteiger partial charge < -0.3 is 16.8 Å². The lowest BCUT2D eigenvalue weighted by molar-refractivity contribution is 1.00. The quantitative estimate of drug-likeness (QED) is 0.807. The number of hydrogen-bond acceptors (Lipinski definition) is 5. The van der Waals surface area contributed by atoms with Gasteiger partial charge in [0.15, 0.2) is 0 Å². The van der Waals surface area contributed by atoms with Crippen LogP contribution < -0.4 is 16.8 Å². The lowest BCUT2D eigenvalue weighted by atomic mass is 10.1. The molecule has 1 aromatic heterocycles. The Hall–Kier alpha value is -1.72. The number of nitrogens with zero attached hydrogens (tertiary/aromatic N) is 2. The number of aromatic nitrogens is 2. The molecule has 1 aromatic carbocycles. The third-order valence-corrected chi connectivity index (χ3v) is 3.07. The molecule has 0 atom stereocenters. The van der Waals surface area contributed by atoms with Gasteiger partial charge in [-0.15, -0.1) is 0 Å². The van der Waals surface area contributed by atoms with Gasteiger partial charge in [-0.25, -0.2) is 0 Å². The molecule has 5 nitrogen and oxygen atoms in total. The second-order valence-corrected chi connectivity index (χ2v) is 4.79. The lowest BCUT2D eigenvalue weighted by Crippen LogP contribution is -2.09. The highest BCUT2D eigenvalue weighted by Crippen LogP contribution is 2.21. The highest BCUT2D eigenvalue weighted by Gasteiger charge is 2.03. The molecular formula is C12H13Cl2N5. The summed E-state index contributed by atoms with van der Waals surface area (Å²) in [5.41, 5.74) is 12.1.